The van der Waals surface area contributed by atoms with Crippen LogP contribution in [-0.2, 0) is 0 Å². The summed E-state index contributed by atoms with van der Waals surface area (Å²) in [6.45, 7) is 10.6. The van der Waals surface area contributed by atoms with Crippen LogP contribution in [0.15, 0.2) is 36.0 Å². The van der Waals surface area contributed by atoms with E-state index in [0.29, 0.717) is 0 Å². The fraction of sp³-hybridized carbons (Fsp3) is 0.455. The molecule has 1 aliphatic carbocycles. The number of hydrogen-bond donors (Lipinski definition) is 0. The Morgan fingerprint density at radius 2 is 2.09 bits per heavy atom. The van der Waals surface area contributed by atoms with Gasteiger partial charge in [0, 0.05) is 0 Å². The van der Waals surface area contributed by atoms with Crippen LogP contribution < -0.4 is 0 Å². The fourth-order valence-electron chi connectivity index (χ4n) is 1.32. The normalized spacial score (nSPS) is 22.8. The Kier molecular flexibility index (Phi) is 2.03. The van der Waals surface area contributed by atoms with Crippen molar-refractivity contribution >= 4 is 0 Å². The predicted octanol–water partition coefficient (Wildman–Crippen LogP) is 3.48. The van der Waals surface area contributed by atoms with Gasteiger partial charge in [0.2, 0.25) is 0 Å². The molecular weight excluding hydrogens is 132 g/mol. The lowest BCUT2D eigenvalue weighted by atomic mass is 9.85. The first-order valence-electron chi connectivity index (χ1n) is 4.05. The molecule has 0 radical (unpaired) electrons. The topological polar surface area (TPSA) is 0 Å². The second kappa shape index (κ2) is 2.69. The first-order chi connectivity index (χ1) is 5.01. The van der Waals surface area contributed by atoms with E-state index in [2.05, 4.69) is 45.6 Å². The van der Waals surface area contributed by atoms with E-state index < -0.39 is 0 Å². The average Bonchev–Trinajstić information content (AvgIpc) is 1.93. The van der Waals surface area contributed by atoms with Gasteiger partial charge in [0.05, 0.1) is 0 Å². The Labute approximate surface area is 69.3 Å². The maximum absolute atomic E-state index is 4.04. The summed E-state index contributed by atoms with van der Waals surface area (Å²) in [6.07, 6.45) is 7.59. The van der Waals surface area contributed by atoms with Crippen molar-refractivity contribution in [3.63, 3.8) is 0 Å². The molecule has 0 heteroatoms. The van der Waals surface area contributed by atoms with E-state index in [4.69, 9.17) is 0 Å². The van der Waals surface area contributed by atoms with Crippen LogP contribution in [0.1, 0.15) is 27.2 Å². The lowest BCUT2D eigenvalue weighted by Crippen LogP contribution is -2.07. The molecule has 0 aliphatic heterocycles. The van der Waals surface area contributed by atoms with Gasteiger partial charge in [0.15, 0.2) is 0 Å². The maximum Gasteiger partial charge on any atom is -0.0131 e. The Hall–Kier alpha value is -0.780. The third-order valence-corrected chi connectivity index (χ3v) is 2.12. The second-order valence-corrected chi connectivity index (χ2v) is 3.98. The predicted molar refractivity (Wildman–Crippen MR) is 50.4 cm³/mol. The first-order valence-corrected chi connectivity index (χ1v) is 4.05. The van der Waals surface area contributed by atoms with E-state index in [-0.39, 0.29) is 5.41 Å². The fourth-order valence-corrected chi connectivity index (χ4v) is 1.32. The highest BCUT2D eigenvalue weighted by Gasteiger charge is 2.17. The Morgan fingerprint density at radius 3 is 2.73 bits per heavy atom. The summed E-state index contributed by atoms with van der Waals surface area (Å²) < 4.78 is 0. The lowest BCUT2D eigenvalue weighted by Gasteiger charge is -2.19. The minimum absolute atomic E-state index is 0.283. The molecule has 0 aromatic heterocycles. The molecule has 0 bridgehead atoms. The van der Waals surface area contributed by atoms with Crippen LogP contribution in [-0.4, -0.2) is 0 Å². The number of hydrogen-bond acceptors (Lipinski definition) is 0. The monoisotopic (exact) mass is 148 g/mol. The van der Waals surface area contributed by atoms with Gasteiger partial charge >= 0.3 is 0 Å². The standard InChI is InChI=1S/C11H16/c1-9-6-5-7-11(3,4)8-10(9)2/h5-7H,2,8H2,1,3-4H3. The molecule has 0 N–H and O–H groups in total. The Balaban J connectivity index is 2.88. The first kappa shape index (κ1) is 8.32. The van der Waals surface area contributed by atoms with Gasteiger partial charge in [-0.25, -0.2) is 0 Å². The van der Waals surface area contributed by atoms with Crippen LogP contribution in [0.5, 0.6) is 0 Å². The molecule has 0 saturated carbocycles. The molecule has 0 aromatic rings. The molecular formula is C11H16. The van der Waals surface area contributed by atoms with E-state index in [9.17, 15) is 0 Å². The van der Waals surface area contributed by atoms with Gasteiger partial charge in [0.25, 0.3) is 0 Å². The Bertz CT molecular complexity index is 226. The van der Waals surface area contributed by atoms with Crippen molar-refractivity contribution in [2.24, 2.45) is 5.41 Å². The van der Waals surface area contributed by atoms with Gasteiger partial charge in [0.1, 0.15) is 0 Å². The van der Waals surface area contributed by atoms with Gasteiger partial charge in [-0.05, 0) is 24.3 Å². The largest absolute Gasteiger partial charge is 0.0955 e. The van der Waals surface area contributed by atoms with E-state index >= 15 is 0 Å². The molecule has 0 heterocycles. The van der Waals surface area contributed by atoms with Crippen LogP contribution in [0.2, 0.25) is 0 Å². The smallest absolute Gasteiger partial charge is 0.0131 e. The number of rotatable bonds is 0. The molecule has 0 nitrogen and oxygen atoms in total. The lowest BCUT2D eigenvalue weighted by molar-refractivity contribution is 0.480. The van der Waals surface area contributed by atoms with E-state index in [1.165, 1.54) is 11.1 Å². The summed E-state index contributed by atoms with van der Waals surface area (Å²) in [5.41, 5.74) is 2.86. The highest BCUT2D eigenvalue weighted by atomic mass is 14.2. The minimum atomic E-state index is 0.283. The van der Waals surface area contributed by atoms with E-state index in [1.54, 1.807) is 0 Å². The summed E-state index contributed by atoms with van der Waals surface area (Å²) in [5, 5.41) is 0. The van der Waals surface area contributed by atoms with Crippen molar-refractivity contribution in [2.75, 3.05) is 0 Å². The van der Waals surface area contributed by atoms with Crippen molar-refractivity contribution in [2.45, 2.75) is 27.2 Å². The zero-order valence-corrected chi connectivity index (χ0v) is 7.65. The van der Waals surface area contributed by atoms with Crippen molar-refractivity contribution in [1.29, 1.82) is 0 Å². The van der Waals surface area contributed by atoms with Crippen LogP contribution in [0, 0.1) is 5.41 Å². The van der Waals surface area contributed by atoms with Crippen LogP contribution in [0.3, 0.4) is 0 Å². The van der Waals surface area contributed by atoms with E-state index in [0.717, 1.165) is 6.42 Å². The molecule has 60 valence electrons. The third kappa shape index (κ3) is 2.07. The molecule has 0 atom stereocenters. The van der Waals surface area contributed by atoms with Crippen molar-refractivity contribution in [3.8, 4) is 0 Å². The molecule has 0 saturated heterocycles. The van der Waals surface area contributed by atoms with Crippen LogP contribution in [0.4, 0.5) is 0 Å². The van der Waals surface area contributed by atoms with E-state index in [1.807, 2.05) is 0 Å². The average molecular weight is 148 g/mol. The molecule has 0 amide bonds. The molecule has 0 spiro atoms. The molecule has 1 rings (SSSR count). The molecule has 1 aliphatic rings. The van der Waals surface area contributed by atoms with Gasteiger partial charge in [-0.2, -0.15) is 0 Å². The van der Waals surface area contributed by atoms with Crippen LogP contribution >= 0.6 is 0 Å². The highest BCUT2D eigenvalue weighted by Crippen LogP contribution is 2.31. The summed E-state index contributed by atoms with van der Waals surface area (Å²) in [5.74, 6) is 0. The molecule has 11 heavy (non-hydrogen) atoms. The molecule has 0 unspecified atom stereocenters. The molecule has 0 aromatic carbocycles. The van der Waals surface area contributed by atoms with Crippen molar-refractivity contribution in [3.05, 3.63) is 36.0 Å². The summed E-state index contributed by atoms with van der Waals surface area (Å²) >= 11 is 0. The third-order valence-electron chi connectivity index (χ3n) is 2.12. The second-order valence-electron chi connectivity index (χ2n) is 3.98. The maximum atomic E-state index is 4.04. The zero-order valence-electron chi connectivity index (χ0n) is 7.65. The summed E-state index contributed by atoms with van der Waals surface area (Å²) in [7, 11) is 0. The highest BCUT2D eigenvalue weighted by molar-refractivity contribution is 5.34. The van der Waals surface area contributed by atoms with Gasteiger partial charge in [-0.1, -0.05) is 44.2 Å². The SMILES string of the molecule is C=C1CC(C)(C)C=CC=C1C. The quantitative estimate of drug-likeness (QED) is 0.493. The Morgan fingerprint density at radius 1 is 1.45 bits per heavy atom. The number of allylic oxidation sites excluding steroid dienone is 5. The summed E-state index contributed by atoms with van der Waals surface area (Å²) in [6, 6.07) is 0. The van der Waals surface area contributed by atoms with Crippen LogP contribution in [0.25, 0.3) is 0 Å². The zero-order chi connectivity index (χ0) is 8.48. The molecule has 0 fully saturated rings. The van der Waals surface area contributed by atoms with Gasteiger partial charge in [-0.15, -0.1) is 0 Å². The van der Waals surface area contributed by atoms with Crippen molar-refractivity contribution in [1.82, 2.24) is 0 Å². The van der Waals surface area contributed by atoms with Gasteiger partial charge in [-0.3, -0.25) is 0 Å². The van der Waals surface area contributed by atoms with Crippen molar-refractivity contribution < 1.29 is 0 Å². The van der Waals surface area contributed by atoms with Gasteiger partial charge < -0.3 is 0 Å². The summed E-state index contributed by atoms with van der Waals surface area (Å²) in [4.78, 5) is 0. The minimum Gasteiger partial charge on any atom is -0.0955 e.